The van der Waals surface area contributed by atoms with Crippen molar-refractivity contribution in [3.05, 3.63) is 54.2 Å². The van der Waals surface area contributed by atoms with Crippen molar-refractivity contribution in [1.29, 1.82) is 0 Å². The molecule has 0 atom stereocenters. The quantitative estimate of drug-likeness (QED) is 0.675. The fourth-order valence-corrected chi connectivity index (χ4v) is 2.37. The van der Waals surface area contributed by atoms with E-state index in [1.54, 1.807) is 15.7 Å². The molecular formula is C16H20N6O. The number of benzene rings is 1. The summed E-state index contributed by atoms with van der Waals surface area (Å²) in [5.41, 5.74) is 2.03. The van der Waals surface area contributed by atoms with Gasteiger partial charge < -0.3 is 10.1 Å². The largest absolute Gasteiger partial charge is 0.439 e. The second kappa shape index (κ2) is 7.06. The lowest BCUT2D eigenvalue weighted by atomic mass is 10.2. The highest BCUT2D eigenvalue weighted by atomic mass is 16.5. The van der Waals surface area contributed by atoms with Crippen LogP contribution in [0.4, 0.5) is 0 Å². The first kappa shape index (κ1) is 15.2. The van der Waals surface area contributed by atoms with Crippen LogP contribution in [0.1, 0.15) is 11.3 Å². The molecular weight excluding hydrogens is 292 g/mol. The third kappa shape index (κ3) is 3.75. The number of rotatable bonds is 7. The molecule has 0 unspecified atom stereocenters. The smallest absolute Gasteiger partial charge is 0.222 e. The first-order valence-electron chi connectivity index (χ1n) is 7.52. The summed E-state index contributed by atoms with van der Waals surface area (Å²) in [6, 6.07) is 9.74. The Morgan fingerprint density at radius 2 is 2.04 bits per heavy atom. The molecule has 0 amide bonds. The Morgan fingerprint density at radius 3 is 2.78 bits per heavy atom. The van der Waals surface area contributed by atoms with Crippen molar-refractivity contribution in [3.63, 3.8) is 0 Å². The lowest BCUT2D eigenvalue weighted by molar-refractivity contribution is 0.423. The van der Waals surface area contributed by atoms with Gasteiger partial charge in [-0.05, 0) is 19.1 Å². The standard InChI is InChI=1S/C16H20N6O/c1-13-15(10-17-8-9-22-12-18-11-19-22)16(21(2)20-13)23-14-6-4-3-5-7-14/h3-7,11-12,17H,8-10H2,1-2H3. The number of hydrogen-bond donors (Lipinski definition) is 1. The summed E-state index contributed by atoms with van der Waals surface area (Å²) in [7, 11) is 1.89. The van der Waals surface area contributed by atoms with Crippen LogP contribution in [0.3, 0.4) is 0 Å². The average molecular weight is 312 g/mol. The second-order valence-corrected chi connectivity index (χ2v) is 5.24. The molecule has 1 N–H and O–H groups in total. The summed E-state index contributed by atoms with van der Waals surface area (Å²) in [6.45, 7) is 4.25. The van der Waals surface area contributed by atoms with Gasteiger partial charge in [0.25, 0.3) is 0 Å². The van der Waals surface area contributed by atoms with Gasteiger partial charge in [0.05, 0.1) is 17.8 Å². The molecule has 120 valence electrons. The molecule has 3 aromatic rings. The minimum absolute atomic E-state index is 0.691. The SMILES string of the molecule is Cc1nn(C)c(Oc2ccccc2)c1CNCCn1cncn1. The summed E-state index contributed by atoms with van der Waals surface area (Å²) in [5, 5.41) is 11.9. The Balaban J connectivity index is 1.64. The van der Waals surface area contributed by atoms with E-state index in [1.165, 1.54) is 6.33 Å². The molecule has 0 saturated heterocycles. The van der Waals surface area contributed by atoms with Crippen molar-refractivity contribution in [3.8, 4) is 11.6 Å². The average Bonchev–Trinajstić information content (AvgIpc) is 3.15. The molecule has 3 rings (SSSR count). The fraction of sp³-hybridized carbons (Fsp3) is 0.312. The number of aryl methyl sites for hydroxylation is 2. The molecule has 2 aromatic heterocycles. The van der Waals surface area contributed by atoms with Crippen LogP contribution in [0.5, 0.6) is 11.6 Å². The van der Waals surface area contributed by atoms with Crippen molar-refractivity contribution in [2.24, 2.45) is 7.05 Å². The Bertz CT molecular complexity index is 736. The monoisotopic (exact) mass is 312 g/mol. The van der Waals surface area contributed by atoms with Gasteiger partial charge in [0, 0.05) is 20.1 Å². The first-order valence-corrected chi connectivity index (χ1v) is 7.52. The summed E-state index contributed by atoms with van der Waals surface area (Å²) in [4.78, 5) is 3.93. The number of hydrogen-bond acceptors (Lipinski definition) is 5. The van der Waals surface area contributed by atoms with E-state index < -0.39 is 0 Å². The van der Waals surface area contributed by atoms with Crippen LogP contribution in [-0.4, -0.2) is 31.1 Å². The van der Waals surface area contributed by atoms with Gasteiger partial charge in [0.1, 0.15) is 18.4 Å². The van der Waals surface area contributed by atoms with Crippen LogP contribution < -0.4 is 10.1 Å². The van der Waals surface area contributed by atoms with E-state index >= 15 is 0 Å². The third-order valence-corrected chi connectivity index (χ3v) is 3.53. The zero-order valence-corrected chi connectivity index (χ0v) is 13.3. The van der Waals surface area contributed by atoms with Crippen molar-refractivity contribution in [2.45, 2.75) is 20.0 Å². The predicted molar refractivity (Wildman–Crippen MR) is 86.2 cm³/mol. The number of nitrogens with zero attached hydrogens (tertiary/aromatic N) is 5. The second-order valence-electron chi connectivity index (χ2n) is 5.24. The lowest BCUT2D eigenvalue weighted by Gasteiger charge is -2.09. The Hall–Kier alpha value is -2.67. The van der Waals surface area contributed by atoms with Crippen LogP contribution in [0.15, 0.2) is 43.0 Å². The van der Waals surface area contributed by atoms with E-state index in [-0.39, 0.29) is 0 Å². The van der Waals surface area contributed by atoms with Crippen molar-refractivity contribution in [1.82, 2.24) is 29.9 Å². The van der Waals surface area contributed by atoms with Gasteiger partial charge in [-0.1, -0.05) is 18.2 Å². The van der Waals surface area contributed by atoms with Gasteiger partial charge in [-0.25, -0.2) is 9.67 Å². The summed E-state index contributed by atoms with van der Waals surface area (Å²) >= 11 is 0. The zero-order chi connectivity index (χ0) is 16.1. The Morgan fingerprint density at radius 1 is 1.22 bits per heavy atom. The molecule has 23 heavy (non-hydrogen) atoms. The van der Waals surface area contributed by atoms with Gasteiger partial charge in [-0.15, -0.1) is 0 Å². The van der Waals surface area contributed by atoms with Gasteiger partial charge >= 0.3 is 0 Å². The molecule has 0 saturated carbocycles. The number of ether oxygens (including phenoxy) is 1. The third-order valence-electron chi connectivity index (χ3n) is 3.53. The predicted octanol–water partition coefficient (Wildman–Crippen LogP) is 1.90. The van der Waals surface area contributed by atoms with E-state index in [4.69, 9.17) is 4.74 Å². The van der Waals surface area contributed by atoms with E-state index in [2.05, 4.69) is 20.5 Å². The minimum Gasteiger partial charge on any atom is -0.439 e. The number of nitrogens with one attached hydrogen (secondary N) is 1. The molecule has 0 aliphatic rings. The van der Waals surface area contributed by atoms with E-state index in [0.29, 0.717) is 6.54 Å². The molecule has 0 bridgehead atoms. The van der Waals surface area contributed by atoms with Crippen LogP contribution in [0, 0.1) is 6.92 Å². The van der Waals surface area contributed by atoms with Gasteiger partial charge in [-0.3, -0.25) is 4.68 Å². The van der Waals surface area contributed by atoms with Crippen molar-refractivity contribution in [2.75, 3.05) is 6.54 Å². The van der Waals surface area contributed by atoms with Crippen molar-refractivity contribution < 1.29 is 4.74 Å². The van der Waals surface area contributed by atoms with E-state index in [1.807, 2.05) is 44.3 Å². The molecule has 0 aliphatic carbocycles. The maximum Gasteiger partial charge on any atom is 0.222 e. The van der Waals surface area contributed by atoms with Crippen LogP contribution >= 0.6 is 0 Å². The highest BCUT2D eigenvalue weighted by Crippen LogP contribution is 2.26. The van der Waals surface area contributed by atoms with Crippen molar-refractivity contribution >= 4 is 0 Å². The van der Waals surface area contributed by atoms with E-state index in [0.717, 1.165) is 36.0 Å². The normalized spacial score (nSPS) is 10.9. The first-order chi connectivity index (χ1) is 11.2. The summed E-state index contributed by atoms with van der Waals surface area (Å²) in [6.07, 6.45) is 3.25. The maximum absolute atomic E-state index is 6.00. The molecule has 0 fully saturated rings. The van der Waals surface area contributed by atoms with Crippen LogP contribution in [-0.2, 0) is 20.1 Å². The molecule has 7 heteroatoms. The number of para-hydroxylation sites is 1. The Kier molecular flexibility index (Phi) is 4.68. The topological polar surface area (TPSA) is 69.8 Å². The summed E-state index contributed by atoms with van der Waals surface area (Å²) in [5.74, 6) is 1.57. The lowest BCUT2D eigenvalue weighted by Crippen LogP contribution is -2.20. The van der Waals surface area contributed by atoms with Crippen LogP contribution in [0.25, 0.3) is 0 Å². The zero-order valence-electron chi connectivity index (χ0n) is 13.3. The Labute approximate surface area is 134 Å². The van der Waals surface area contributed by atoms with E-state index in [9.17, 15) is 0 Å². The molecule has 0 spiro atoms. The van der Waals surface area contributed by atoms with Gasteiger partial charge in [-0.2, -0.15) is 10.2 Å². The molecule has 2 heterocycles. The number of aromatic nitrogens is 5. The van der Waals surface area contributed by atoms with Gasteiger partial charge in [0.2, 0.25) is 5.88 Å². The van der Waals surface area contributed by atoms with Gasteiger partial charge in [0.15, 0.2) is 0 Å². The summed E-state index contributed by atoms with van der Waals surface area (Å²) < 4.78 is 9.57. The molecule has 0 aliphatic heterocycles. The fourth-order valence-electron chi connectivity index (χ4n) is 2.37. The maximum atomic E-state index is 6.00. The van der Waals surface area contributed by atoms with Crippen LogP contribution in [0.2, 0.25) is 0 Å². The molecule has 7 nitrogen and oxygen atoms in total. The minimum atomic E-state index is 0.691. The molecule has 1 aromatic carbocycles. The molecule has 0 radical (unpaired) electrons. The highest BCUT2D eigenvalue weighted by Gasteiger charge is 2.15. The highest BCUT2D eigenvalue weighted by molar-refractivity contribution is 5.35.